The van der Waals surface area contributed by atoms with E-state index in [0.717, 1.165) is 17.0 Å². The Morgan fingerprint density at radius 3 is 2.71 bits per heavy atom. The van der Waals surface area contributed by atoms with Gasteiger partial charge >= 0.3 is 0 Å². The highest BCUT2D eigenvalue weighted by Gasteiger charge is 2.27. The van der Waals surface area contributed by atoms with Gasteiger partial charge in [0.15, 0.2) is 11.5 Å². The first-order valence-electron chi connectivity index (χ1n) is 6.42. The summed E-state index contributed by atoms with van der Waals surface area (Å²) in [6, 6.07) is 8.57. The lowest BCUT2D eigenvalue weighted by Crippen LogP contribution is -2.34. The van der Waals surface area contributed by atoms with E-state index in [2.05, 4.69) is 4.98 Å². The van der Waals surface area contributed by atoms with Crippen LogP contribution in [0.3, 0.4) is 0 Å². The van der Waals surface area contributed by atoms with E-state index in [4.69, 9.17) is 5.73 Å². The Bertz CT molecular complexity index is 718. The third-order valence-electron chi connectivity index (χ3n) is 3.25. The van der Waals surface area contributed by atoms with Crippen molar-refractivity contribution in [3.63, 3.8) is 0 Å². The summed E-state index contributed by atoms with van der Waals surface area (Å²) in [7, 11) is 0. The van der Waals surface area contributed by atoms with E-state index in [1.54, 1.807) is 12.3 Å². The third kappa shape index (κ3) is 2.55. The van der Waals surface area contributed by atoms with Gasteiger partial charge in [0.05, 0.1) is 11.4 Å². The molecule has 0 saturated heterocycles. The van der Waals surface area contributed by atoms with Crippen LogP contribution in [0.2, 0.25) is 0 Å². The van der Waals surface area contributed by atoms with Crippen LogP contribution in [-0.4, -0.2) is 20.7 Å². The zero-order valence-corrected chi connectivity index (χ0v) is 12.2. The predicted molar refractivity (Wildman–Crippen MR) is 84.8 cm³/mol. The van der Waals surface area contributed by atoms with Crippen LogP contribution in [0.25, 0.3) is 5.70 Å². The van der Waals surface area contributed by atoms with Gasteiger partial charge in [0.25, 0.3) is 0 Å². The fourth-order valence-corrected chi connectivity index (χ4v) is 3.06. The second-order valence-electron chi connectivity index (χ2n) is 4.79. The molecule has 0 saturated carbocycles. The number of rotatable bonds is 2. The number of aromatic hydroxyl groups is 2. The molecular weight excluding hydrogens is 286 g/mol. The molecule has 21 heavy (non-hydrogen) atoms. The summed E-state index contributed by atoms with van der Waals surface area (Å²) in [5, 5.41) is 21.1. The summed E-state index contributed by atoms with van der Waals surface area (Å²) in [5.41, 5.74) is 9.35. The molecule has 0 radical (unpaired) electrons. The second-order valence-corrected chi connectivity index (χ2v) is 5.78. The average molecular weight is 301 g/mol. The lowest BCUT2D eigenvalue weighted by atomic mass is 10.2. The third-order valence-corrected chi connectivity index (χ3v) is 4.10. The van der Waals surface area contributed by atoms with Gasteiger partial charge in [0.1, 0.15) is 5.50 Å². The number of thioether (sulfide) groups is 1. The van der Waals surface area contributed by atoms with Crippen LogP contribution in [0.15, 0.2) is 41.9 Å². The van der Waals surface area contributed by atoms with Crippen LogP contribution in [0.4, 0.5) is 5.69 Å². The lowest BCUT2D eigenvalue weighted by molar-refractivity contribution is 0.404. The van der Waals surface area contributed by atoms with Crippen LogP contribution in [0.5, 0.6) is 11.5 Å². The zero-order chi connectivity index (χ0) is 15.0. The molecule has 0 amide bonds. The van der Waals surface area contributed by atoms with Gasteiger partial charge in [-0.3, -0.25) is 4.98 Å². The molecule has 0 bridgehead atoms. The Hall–Kier alpha value is -2.18. The van der Waals surface area contributed by atoms with Crippen LogP contribution < -0.4 is 10.6 Å². The topological polar surface area (TPSA) is 82.6 Å². The minimum atomic E-state index is -0.300. The minimum absolute atomic E-state index is 0.154. The highest BCUT2D eigenvalue weighted by Crippen LogP contribution is 2.40. The van der Waals surface area contributed by atoms with E-state index in [0.29, 0.717) is 5.69 Å². The number of phenolic OH excluding ortho intramolecular Hbond substituents is 2. The van der Waals surface area contributed by atoms with Crippen molar-refractivity contribution in [2.24, 2.45) is 5.73 Å². The van der Waals surface area contributed by atoms with E-state index in [-0.39, 0.29) is 17.0 Å². The number of aryl methyl sites for hydroxylation is 1. The molecule has 5 nitrogen and oxygen atoms in total. The Morgan fingerprint density at radius 2 is 2.00 bits per heavy atom. The van der Waals surface area contributed by atoms with Gasteiger partial charge < -0.3 is 20.8 Å². The van der Waals surface area contributed by atoms with Crippen LogP contribution in [0.1, 0.15) is 11.3 Å². The number of nitrogens with zero attached hydrogens (tertiary/aromatic N) is 2. The Balaban J connectivity index is 2.03. The van der Waals surface area contributed by atoms with Gasteiger partial charge in [-0.2, -0.15) is 0 Å². The SMILES string of the molecule is Cc1ccnc(C2=CSC(N)N2c2ccc(O)c(O)c2)c1. The quantitative estimate of drug-likeness (QED) is 0.740. The first kappa shape index (κ1) is 13.8. The van der Waals surface area contributed by atoms with Crippen molar-refractivity contribution in [2.75, 3.05) is 4.90 Å². The lowest BCUT2D eigenvalue weighted by Gasteiger charge is -2.26. The van der Waals surface area contributed by atoms with Crippen molar-refractivity contribution >= 4 is 23.1 Å². The van der Waals surface area contributed by atoms with Crippen molar-refractivity contribution in [3.8, 4) is 11.5 Å². The molecule has 0 spiro atoms. The molecule has 4 N–H and O–H groups in total. The number of pyridine rings is 1. The molecule has 2 aromatic rings. The second kappa shape index (κ2) is 5.31. The van der Waals surface area contributed by atoms with Crippen molar-refractivity contribution < 1.29 is 10.2 Å². The smallest absolute Gasteiger partial charge is 0.159 e. The average Bonchev–Trinajstić information content (AvgIpc) is 2.84. The molecule has 0 aliphatic carbocycles. The number of aromatic nitrogens is 1. The van der Waals surface area contributed by atoms with Gasteiger partial charge in [-0.05, 0) is 36.8 Å². The molecule has 6 heteroatoms. The van der Waals surface area contributed by atoms with E-state index in [1.807, 2.05) is 29.4 Å². The Kier molecular flexibility index (Phi) is 3.48. The van der Waals surface area contributed by atoms with Gasteiger partial charge in [0, 0.05) is 23.4 Å². The maximum Gasteiger partial charge on any atom is 0.159 e. The predicted octanol–water partition coefficient (Wildman–Crippen LogP) is 2.60. The number of nitrogens with two attached hydrogens (primary N) is 1. The first-order chi connectivity index (χ1) is 10.1. The summed E-state index contributed by atoms with van der Waals surface area (Å²) in [6.07, 6.45) is 1.76. The van der Waals surface area contributed by atoms with Crippen molar-refractivity contribution in [3.05, 3.63) is 53.2 Å². The van der Waals surface area contributed by atoms with Gasteiger partial charge in [-0.25, -0.2) is 0 Å². The highest BCUT2D eigenvalue weighted by atomic mass is 32.2. The molecule has 3 rings (SSSR count). The van der Waals surface area contributed by atoms with Gasteiger partial charge in [-0.1, -0.05) is 11.8 Å². The fraction of sp³-hybridized carbons (Fsp3) is 0.133. The van der Waals surface area contributed by atoms with E-state index >= 15 is 0 Å². The van der Waals surface area contributed by atoms with Crippen molar-refractivity contribution in [1.82, 2.24) is 4.98 Å². The van der Waals surface area contributed by atoms with E-state index in [9.17, 15) is 10.2 Å². The first-order valence-corrected chi connectivity index (χ1v) is 7.36. The molecule has 1 aromatic carbocycles. The Morgan fingerprint density at radius 1 is 1.19 bits per heavy atom. The molecule has 1 atom stereocenters. The molecule has 2 heterocycles. The standard InChI is InChI=1S/C15H15N3O2S/c1-9-4-5-17-11(6-9)12-8-21-15(16)18(12)10-2-3-13(19)14(20)7-10/h2-8,15,19-20H,16H2,1H3. The van der Waals surface area contributed by atoms with E-state index in [1.165, 1.54) is 23.9 Å². The molecule has 108 valence electrons. The summed E-state index contributed by atoms with van der Waals surface area (Å²) in [6.45, 7) is 2.00. The van der Waals surface area contributed by atoms with Crippen molar-refractivity contribution in [1.29, 1.82) is 0 Å². The number of anilines is 1. The molecular formula is C15H15N3O2S. The normalized spacial score (nSPS) is 17.9. The zero-order valence-electron chi connectivity index (χ0n) is 11.4. The van der Waals surface area contributed by atoms with Crippen LogP contribution in [0, 0.1) is 6.92 Å². The monoisotopic (exact) mass is 301 g/mol. The summed E-state index contributed by atoms with van der Waals surface area (Å²) in [5.74, 6) is -0.327. The minimum Gasteiger partial charge on any atom is -0.504 e. The van der Waals surface area contributed by atoms with E-state index < -0.39 is 0 Å². The molecule has 0 fully saturated rings. The molecule has 1 aliphatic heterocycles. The number of benzene rings is 1. The maximum atomic E-state index is 9.69. The van der Waals surface area contributed by atoms with Crippen LogP contribution in [-0.2, 0) is 0 Å². The van der Waals surface area contributed by atoms with Crippen molar-refractivity contribution in [2.45, 2.75) is 12.4 Å². The fourth-order valence-electron chi connectivity index (χ4n) is 2.20. The summed E-state index contributed by atoms with van der Waals surface area (Å²) >= 11 is 1.48. The number of hydrogen-bond donors (Lipinski definition) is 3. The number of hydrogen-bond acceptors (Lipinski definition) is 6. The van der Waals surface area contributed by atoms with Gasteiger partial charge in [0.2, 0.25) is 0 Å². The summed E-state index contributed by atoms with van der Waals surface area (Å²) < 4.78 is 0. The Labute approximate surface area is 126 Å². The van der Waals surface area contributed by atoms with Gasteiger partial charge in [-0.15, -0.1) is 0 Å². The van der Waals surface area contributed by atoms with Crippen LogP contribution >= 0.6 is 11.8 Å². The molecule has 1 unspecified atom stereocenters. The maximum absolute atomic E-state index is 9.69. The largest absolute Gasteiger partial charge is 0.504 e. The summed E-state index contributed by atoms with van der Waals surface area (Å²) in [4.78, 5) is 6.26. The molecule has 1 aromatic heterocycles. The number of phenols is 2. The molecule has 1 aliphatic rings. The highest BCUT2D eigenvalue weighted by molar-refractivity contribution is 8.03.